The second kappa shape index (κ2) is 5.61. The SMILES string of the molecule is Cc1cc(C(=O)NN)n(Cc2ccc(Cl)cc2Cl)n1. The van der Waals surface area contributed by atoms with Crippen LogP contribution < -0.4 is 11.3 Å². The lowest BCUT2D eigenvalue weighted by Gasteiger charge is -2.08. The molecule has 100 valence electrons. The molecule has 2 rings (SSSR count). The number of halogens is 2. The lowest BCUT2D eigenvalue weighted by atomic mass is 10.2. The van der Waals surface area contributed by atoms with Gasteiger partial charge in [-0.3, -0.25) is 14.9 Å². The van der Waals surface area contributed by atoms with Gasteiger partial charge in [0.1, 0.15) is 5.69 Å². The van der Waals surface area contributed by atoms with Crippen LogP contribution in [-0.2, 0) is 6.54 Å². The van der Waals surface area contributed by atoms with Gasteiger partial charge in [0, 0.05) is 10.0 Å². The molecular formula is C12H12Cl2N4O. The van der Waals surface area contributed by atoms with Gasteiger partial charge in [0.15, 0.2) is 0 Å². The van der Waals surface area contributed by atoms with E-state index in [-0.39, 0.29) is 0 Å². The van der Waals surface area contributed by atoms with E-state index in [9.17, 15) is 4.79 Å². The van der Waals surface area contributed by atoms with Gasteiger partial charge in [0.2, 0.25) is 0 Å². The normalized spacial score (nSPS) is 10.5. The molecule has 1 aromatic carbocycles. The summed E-state index contributed by atoms with van der Waals surface area (Å²) in [7, 11) is 0. The van der Waals surface area contributed by atoms with Crippen molar-refractivity contribution in [3.63, 3.8) is 0 Å². The van der Waals surface area contributed by atoms with Crippen LogP contribution in [0.1, 0.15) is 21.7 Å². The molecule has 0 unspecified atom stereocenters. The Hall–Kier alpha value is -1.56. The van der Waals surface area contributed by atoms with Crippen LogP contribution in [0, 0.1) is 6.92 Å². The summed E-state index contributed by atoms with van der Waals surface area (Å²) in [5, 5.41) is 5.34. The maximum Gasteiger partial charge on any atom is 0.283 e. The molecule has 0 aliphatic rings. The summed E-state index contributed by atoms with van der Waals surface area (Å²) in [6.45, 7) is 2.17. The van der Waals surface area contributed by atoms with E-state index in [1.807, 2.05) is 0 Å². The Morgan fingerprint density at radius 2 is 2.16 bits per heavy atom. The van der Waals surface area contributed by atoms with E-state index in [0.29, 0.717) is 22.3 Å². The van der Waals surface area contributed by atoms with E-state index >= 15 is 0 Å². The molecule has 19 heavy (non-hydrogen) atoms. The Bertz CT molecular complexity index is 624. The first-order valence-corrected chi connectivity index (χ1v) is 6.26. The van der Waals surface area contributed by atoms with Crippen molar-refractivity contribution in [2.24, 2.45) is 5.84 Å². The molecule has 7 heteroatoms. The summed E-state index contributed by atoms with van der Waals surface area (Å²) in [6, 6.07) is 6.84. The maximum atomic E-state index is 11.6. The molecule has 1 amide bonds. The Labute approximate surface area is 120 Å². The number of carbonyl (C=O) groups excluding carboxylic acids is 1. The maximum absolute atomic E-state index is 11.6. The lowest BCUT2D eigenvalue weighted by Crippen LogP contribution is -2.32. The molecule has 0 aliphatic carbocycles. The van der Waals surface area contributed by atoms with Crippen molar-refractivity contribution < 1.29 is 4.79 Å². The molecule has 0 spiro atoms. The van der Waals surface area contributed by atoms with Crippen LogP contribution in [0.5, 0.6) is 0 Å². The third-order valence-corrected chi connectivity index (χ3v) is 3.19. The van der Waals surface area contributed by atoms with Crippen LogP contribution in [0.4, 0.5) is 0 Å². The fourth-order valence-corrected chi connectivity index (χ4v) is 2.20. The van der Waals surface area contributed by atoms with Gasteiger partial charge >= 0.3 is 0 Å². The summed E-state index contributed by atoms with van der Waals surface area (Å²) >= 11 is 11.9. The van der Waals surface area contributed by atoms with Crippen LogP contribution in [0.2, 0.25) is 10.0 Å². The van der Waals surface area contributed by atoms with Gasteiger partial charge in [-0.05, 0) is 30.7 Å². The predicted octanol–water partition coefficient (Wildman–Crippen LogP) is 2.15. The van der Waals surface area contributed by atoms with Crippen LogP contribution in [0.15, 0.2) is 24.3 Å². The standard InChI is InChI=1S/C12H12Cl2N4O/c1-7-4-11(12(19)16-15)18(17-7)6-8-2-3-9(13)5-10(8)14/h2-5H,6,15H2,1H3,(H,16,19). The zero-order chi connectivity index (χ0) is 14.0. The number of nitrogens with zero attached hydrogens (tertiary/aromatic N) is 2. The van der Waals surface area contributed by atoms with E-state index in [1.54, 1.807) is 35.9 Å². The molecule has 0 saturated carbocycles. The Morgan fingerprint density at radius 1 is 1.42 bits per heavy atom. The molecule has 0 bridgehead atoms. The first-order chi connectivity index (χ1) is 9.01. The van der Waals surface area contributed by atoms with Crippen LogP contribution in [0.25, 0.3) is 0 Å². The number of aromatic nitrogens is 2. The van der Waals surface area contributed by atoms with Crippen molar-refractivity contribution in [2.45, 2.75) is 13.5 Å². The summed E-state index contributed by atoms with van der Waals surface area (Å²) < 4.78 is 1.55. The Balaban J connectivity index is 2.35. The Morgan fingerprint density at radius 3 is 2.79 bits per heavy atom. The molecule has 2 aromatic rings. The van der Waals surface area contributed by atoms with Gasteiger partial charge < -0.3 is 0 Å². The monoisotopic (exact) mass is 298 g/mol. The van der Waals surface area contributed by atoms with Crippen molar-refractivity contribution in [3.8, 4) is 0 Å². The smallest absolute Gasteiger partial charge is 0.283 e. The number of aryl methyl sites for hydroxylation is 1. The molecule has 0 aliphatic heterocycles. The molecule has 0 atom stereocenters. The molecule has 1 heterocycles. The number of benzene rings is 1. The van der Waals surface area contributed by atoms with Gasteiger partial charge in [0.05, 0.1) is 12.2 Å². The van der Waals surface area contributed by atoms with Crippen LogP contribution >= 0.6 is 23.2 Å². The minimum absolute atomic E-state index is 0.368. The van der Waals surface area contributed by atoms with E-state index in [1.165, 1.54) is 0 Å². The number of hydrogen-bond acceptors (Lipinski definition) is 3. The number of carbonyl (C=O) groups is 1. The van der Waals surface area contributed by atoms with Gasteiger partial charge in [-0.1, -0.05) is 29.3 Å². The quantitative estimate of drug-likeness (QED) is 0.518. The fraction of sp³-hybridized carbons (Fsp3) is 0.167. The zero-order valence-electron chi connectivity index (χ0n) is 10.2. The highest BCUT2D eigenvalue weighted by Crippen LogP contribution is 2.22. The largest absolute Gasteiger partial charge is 0.289 e. The van der Waals surface area contributed by atoms with E-state index in [4.69, 9.17) is 29.0 Å². The second-order valence-electron chi connectivity index (χ2n) is 4.04. The minimum Gasteiger partial charge on any atom is -0.289 e. The van der Waals surface area contributed by atoms with Gasteiger partial charge in [-0.25, -0.2) is 5.84 Å². The highest BCUT2D eigenvalue weighted by Gasteiger charge is 2.14. The molecule has 0 saturated heterocycles. The van der Waals surface area contributed by atoms with E-state index in [0.717, 1.165) is 11.3 Å². The summed E-state index contributed by atoms with van der Waals surface area (Å²) in [5.41, 5.74) is 4.02. The average molecular weight is 299 g/mol. The minimum atomic E-state index is -0.398. The molecule has 3 N–H and O–H groups in total. The lowest BCUT2D eigenvalue weighted by molar-refractivity contribution is 0.0943. The Kier molecular flexibility index (Phi) is 4.09. The third-order valence-electron chi connectivity index (χ3n) is 2.60. The highest BCUT2D eigenvalue weighted by molar-refractivity contribution is 6.35. The van der Waals surface area contributed by atoms with E-state index < -0.39 is 5.91 Å². The zero-order valence-corrected chi connectivity index (χ0v) is 11.7. The van der Waals surface area contributed by atoms with Crippen molar-refractivity contribution in [1.29, 1.82) is 0 Å². The highest BCUT2D eigenvalue weighted by atomic mass is 35.5. The number of nitrogens with two attached hydrogens (primary N) is 1. The van der Waals surface area contributed by atoms with Gasteiger partial charge in [-0.2, -0.15) is 5.10 Å². The number of nitrogens with one attached hydrogen (secondary N) is 1. The summed E-state index contributed by atoms with van der Waals surface area (Å²) in [6.07, 6.45) is 0. The molecule has 0 radical (unpaired) electrons. The average Bonchev–Trinajstić information content (AvgIpc) is 2.73. The number of hydrazine groups is 1. The second-order valence-corrected chi connectivity index (χ2v) is 4.88. The molecule has 1 aromatic heterocycles. The number of amides is 1. The van der Waals surface area contributed by atoms with Crippen molar-refractivity contribution in [3.05, 3.63) is 51.3 Å². The van der Waals surface area contributed by atoms with Crippen molar-refractivity contribution in [1.82, 2.24) is 15.2 Å². The molecule has 0 fully saturated rings. The first kappa shape index (κ1) is 13.9. The molecule has 5 nitrogen and oxygen atoms in total. The van der Waals surface area contributed by atoms with Gasteiger partial charge in [-0.15, -0.1) is 0 Å². The first-order valence-electron chi connectivity index (χ1n) is 5.50. The number of rotatable bonds is 3. The third kappa shape index (κ3) is 3.07. The van der Waals surface area contributed by atoms with Gasteiger partial charge in [0.25, 0.3) is 5.91 Å². The number of hydrogen-bond donors (Lipinski definition) is 2. The van der Waals surface area contributed by atoms with E-state index in [2.05, 4.69) is 10.5 Å². The van der Waals surface area contributed by atoms with Crippen molar-refractivity contribution in [2.75, 3.05) is 0 Å². The number of nitrogen functional groups attached to an aromatic ring is 1. The summed E-state index contributed by atoms with van der Waals surface area (Å²) in [4.78, 5) is 11.6. The summed E-state index contributed by atoms with van der Waals surface area (Å²) in [5.74, 6) is 4.74. The van der Waals surface area contributed by atoms with Crippen LogP contribution in [-0.4, -0.2) is 15.7 Å². The molecular weight excluding hydrogens is 287 g/mol. The predicted molar refractivity (Wildman–Crippen MR) is 74.2 cm³/mol. The topological polar surface area (TPSA) is 72.9 Å². The van der Waals surface area contributed by atoms with Crippen molar-refractivity contribution >= 4 is 29.1 Å². The van der Waals surface area contributed by atoms with Crippen LogP contribution in [0.3, 0.4) is 0 Å². The fourth-order valence-electron chi connectivity index (χ4n) is 1.73.